The number of nitrogens with zero attached hydrogens (tertiary/aromatic N) is 3. The summed E-state index contributed by atoms with van der Waals surface area (Å²) in [5.41, 5.74) is -0.813. The molecular weight excluding hydrogens is 202 g/mol. The zero-order chi connectivity index (χ0) is 11.4. The number of aromatic nitrogens is 2. The number of nitro groups is 1. The van der Waals surface area contributed by atoms with Crippen molar-refractivity contribution in [1.82, 2.24) is 9.78 Å². The van der Waals surface area contributed by atoms with Crippen LogP contribution in [0.3, 0.4) is 0 Å². The lowest BCUT2D eigenvalue weighted by Crippen LogP contribution is -2.11. The quantitative estimate of drug-likeness (QED) is 0.586. The molecule has 1 aromatic heterocycles. The first-order chi connectivity index (χ1) is 7.07. The minimum atomic E-state index is -1.32. The van der Waals surface area contributed by atoms with Crippen molar-refractivity contribution in [3.63, 3.8) is 0 Å². The summed E-state index contributed by atoms with van der Waals surface area (Å²) in [6.07, 6.45) is 2.57. The van der Waals surface area contributed by atoms with E-state index in [0.717, 1.165) is 23.7 Å². The van der Waals surface area contributed by atoms with Gasteiger partial charge in [-0.25, -0.2) is 4.79 Å². The first-order valence-corrected chi connectivity index (χ1v) is 4.51. The van der Waals surface area contributed by atoms with Gasteiger partial charge in [-0.15, -0.1) is 0 Å². The van der Waals surface area contributed by atoms with E-state index in [4.69, 9.17) is 5.11 Å². The Balaban J connectivity index is 3.06. The molecule has 0 aliphatic rings. The van der Waals surface area contributed by atoms with Crippen molar-refractivity contribution in [3.05, 3.63) is 22.0 Å². The van der Waals surface area contributed by atoms with Crippen molar-refractivity contribution in [2.24, 2.45) is 0 Å². The van der Waals surface area contributed by atoms with Crippen molar-refractivity contribution in [1.29, 1.82) is 0 Å². The summed E-state index contributed by atoms with van der Waals surface area (Å²) in [7, 11) is 0. The summed E-state index contributed by atoms with van der Waals surface area (Å²) in [6.45, 7) is 2.32. The van der Waals surface area contributed by atoms with Crippen molar-refractivity contribution < 1.29 is 14.8 Å². The number of aromatic carboxylic acids is 1. The highest BCUT2D eigenvalue weighted by molar-refractivity contribution is 5.90. The largest absolute Gasteiger partial charge is 0.476 e. The van der Waals surface area contributed by atoms with E-state index >= 15 is 0 Å². The fraction of sp³-hybridized carbons (Fsp3) is 0.500. The maximum absolute atomic E-state index is 10.8. The minimum absolute atomic E-state index is 0.353. The maximum atomic E-state index is 10.8. The van der Waals surface area contributed by atoms with Crippen molar-refractivity contribution in [3.8, 4) is 0 Å². The Bertz CT molecular complexity index is 385. The van der Waals surface area contributed by atoms with Gasteiger partial charge in [-0.3, -0.25) is 14.8 Å². The summed E-state index contributed by atoms with van der Waals surface area (Å²) in [5, 5.41) is 23.0. The topological polar surface area (TPSA) is 98.3 Å². The second-order valence-electron chi connectivity index (χ2n) is 3.02. The molecule has 0 spiro atoms. The summed E-state index contributed by atoms with van der Waals surface area (Å²) >= 11 is 0. The van der Waals surface area contributed by atoms with E-state index in [0.29, 0.717) is 6.54 Å². The molecule has 1 N–H and O–H groups in total. The molecule has 0 bridgehead atoms. The lowest BCUT2D eigenvalue weighted by molar-refractivity contribution is -0.385. The molecule has 15 heavy (non-hydrogen) atoms. The number of unbranched alkanes of at least 4 members (excludes halogenated alkanes) is 1. The number of hydrogen-bond acceptors (Lipinski definition) is 4. The number of rotatable bonds is 5. The van der Waals surface area contributed by atoms with Crippen molar-refractivity contribution in [2.45, 2.75) is 26.3 Å². The van der Waals surface area contributed by atoms with Gasteiger partial charge in [0.1, 0.15) is 6.20 Å². The van der Waals surface area contributed by atoms with E-state index < -0.39 is 16.6 Å². The van der Waals surface area contributed by atoms with Gasteiger partial charge in [0.2, 0.25) is 5.69 Å². The van der Waals surface area contributed by atoms with Crippen LogP contribution in [0.2, 0.25) is 0 Å². The number of carboxylic acid groups (broad SMARTS) is 1. The van der Waals surface area contributed by atoms with E-state index in [9.17, 15) is 14.9 Å². The standard InChI is InChI=1S/C8H11N3O4/c1-2-3-4-10-7(8(12)13)6(5-9-10)11(14)15/h5H,2-4H2,1H3,(H,12,13). The van der Waals surface area contributed by atoms with Crippen LogP contribution in [-0.4, -0.2) is 25.8 Å². The molecule has 0 atom stereocenters. The maximum Gasteiger partial charge on any atom is 0.361 e. The van der Waals surface area contributed by atoms with Gasteiger partial charge >= 0.3 is 11.7 Å². The third-order valence-corrected chi connectivity index (χ3v) is 1.94. The average molecular weight is 213 g/mol. The van der Waals surface area contributed by atoms with Crippen LogP contribution in [0.15, 0.2) is 6.20 Å². The molecule has 0 aliphatic carbocycles. The molecule has 1 aromatic rings. The molecule has 1 rings (SSSR count). The molecule has 7 nitrogen and oxygen atoms in total. The smallest absolute Gasteiger partial charge is 0.361 e. The predicted molar refractivity (Wildman–Crippen MR) is 50.7 cm³/mol. The molecule has 0 amide bonds. The predicted octanol–water partition coefficient (Wildman–Crippen LogP) is 1.29. The lowest BCUT2D eigenvalue weighted by atomic mass is 10.3. The van der Waals surface area contributed by atoms with Gasteiger partial charge in [-0.2, -0.15) is 5.10 Å². The molecule has 0 saturated carbocycles. The van der Waals surface area contributed by atoms with Crippen LogP contribution >= 0.6 is 0 Å². The lowest BCUT2D eigenvalue weighted by Gasteiger charge is -2.01. The molecule has 0 fully saturated rings. The summed E-state index contributed by atoms with van der Waals surface area (Å²) < 4.78 is 1.16. The molecule has 1 heterocycles. The second kappa shape index (κ2) is 4.54. The Morgan fingerprint density at radius 3 is 2.87 bits per heavy atom. The highest BCUT2D eigenvalue weighted by atomic mass is 16.6. The number of hydrogen-bond donors (Lipinski definition) is 1. The third-order valence-electron chi connectivity index (χ3n) is 1.94. The van der Waals surface area contributed by atoms with Gasteiger partial charge < -0.3 is 5.11 Å². The van der Waals surface area contributed by atoms with Gasteiger partial charge in [0.15, 0.2) is 0 Å². The zero-order valence-corrected chi connectivity index (χ0v) is 8.21. The van der Waals surface area contributed by atoms with Crippen LogP contribution in [0.4, 0.5) is 5.69 Å². The Labute approximate surface area is 85.5 Å². The van der Waals surface area contributed by atoms with E-state index in [1.165, 1.54) is 0 Å². The second-order valence-corrected chi connectivity index (χ2v) is 3.02. The van der Waals surface area contributed by atoms with Crippen LogP contribution in [0.1, 0.15) is 30.3 Å². The monoisotopic (exact) mass is 213 g/mol. The molecule has 7 heteroatoms. The van der Waals surface area contributed by atoms with Crippen LogP contribution in [-0.2, 0) is 6.54 Å². The van der Waals surface area contributed by atoms with Gasteiger partial charge in [-0.05, 0) is 6.42 Å². The molecule has 0 aliphatic heterocycles. The van der Waals surface area contributed by atoms with E-state index in [1.807, 2.05) is 6.92 Å². The van der Waals surface area contributed by atoms with Gasteiger partial charge in [0.25, 0.3) is 0 Å². The van der Waals surface area contributed by atoms with Gasteiger partial charge in [0, 0.05) is 6.54 Å². The molecular formula is C8H11N3O4. The van der Waals surface area contributed by atoms with Crippen LogP contribution in [0.5, 0.6) is 0 Å². The highest BCUT2D eigenvalue weighted by Crippen LogP contribution is 2.17. The first-order valence-electron chi connectivity index (χ1n) is 4.51. The van der Waals surface area contributed by atoms with E-state index in [-0.39, 0.29) is 5.69 Å². The Morgan fingerprint density at radius 2 is 2.40 bits per heavy atom. The van der Waals surface area contributed by atoms with Crippen molar-refractivity contribution >= 4 is 11.7 Å². The minimum Gasteiger partial charge on any atom is -0.476 e. The zero-order valence-electron chi connectivity index (χ0n) is 8.21. The van der Waals surface area contributed by atoms with E-state index in [2.05, 4.69) is 5.10 Å². The molecule has 82 valence electrons. The Kier molecular flexibility index (Phi) is 3.37. The number of aryl methyl sites for hydroxylation is 1. The summed E-state index contributed by atoms with van der Waals surface area (Å²) in [5.74, 6) is -1.32. The fourth-order valence-corrected chi connectivity index (χ4v) is 1.21. The number of carboxylic acids is 1. The highest BCUT2D eigenvalue weighted by Gasteiger charge is 2.25. The molecule has 0 aromatic carbocycles. The van der Waals surface area contributed by atoms with Crippen LogP contribution < -0.4 is 0 Å². The van der Waals surface area contributed by atoms with E-state index in [1.54, 1.807) is 0 Å². The first kappa shape index (κ1) is 11.2. The molecule has 0 saturated heterocycles. The number of carbonyl (C=O) groups is 1. The van der Waals surface area contributed by atoms with Gasteiger partial charge in [0.05, 0.1) is 4.92 Å². The van der Waals surface area contributed by atoms with Gasteiger partial charge in [-0.1, -0.05) is 13.3 Å². The normalized spacial score (nSPS) is 10.2. The van der Waals surface area contributed by atoms with Crippen LogP contribution in [0, 0.1) is 10.1 Å². The van der Waals surface area contributed by atoms with Crippen LogP contribution in [0.25, 0.3) is 0 Å². The fourth-order valence-electron chi connectivity index (χ4n) is 1.21. The average Bonchev–Trinajstić information content (AvgIpc) is 2.58. The Morgan fingerprint density at radius 1 is 1.73 bits per heavy atom. The summed E-state index contributed by atoms with van der Waals surface area (Å²) in [4.78, 5) is 20.6. The molecule has 0 unspecified atom stereocenters. The Hall–Kier alpha value is -1.92. The summed E-state index contributed by atoms with van der Waals surface area (Å²) in [6, 6.07) is 0. The third kappa shape index (κ3) is 2.30. The molecule has 0 radical (unpaired) electrons. The van der Waals surface area contributed by atoms with Crippen molar-refractivity contribution in [2.75, 3.05) is 0 Å². The SMILES string of the molecule is CCCCn1ncc([N+](=O)[O-])c1C(=O)O.